The van der Waals surface area contributed by atoms with E-state index in [1.807, 2.05) is 0 Å². The lowest BCUT2D eigenvalue weighted by Crippen LogP contribution is -2.21. The molecule has 2 heteroatoms. The third kappa shape index (κ3) is 2.02. The molecule has 0 radical (unpaired) electrons. The van der Waals surface area contributed by atoms with E-state index >= 15 is 0 Å². The summed E-state index contributed by atoms with van der Waals surface area (Å²) in [6.07, 6.45) is 5.07. The van der Waals surface area contributed by atoms with Crippen LogP contribution in [-0.4, -0.2) is 30.7 Å². The smallest absolute Gasteiger partial charge is 0.0397 e. The molecule has 1 unspecified atom stereocenters. The molecule has 0 fully saturated rings. The topological polar surface area (TPSA) is 15.6 Å². The van der Waals surface area contributed by atoms with Gasteiger partial charge in [-0.25, -0.2) is 0 Å². The van der Waals surface area contributed by atoms with Gasteiger partial charge in [0.05, 0.1) is 0 Å². The first kappa shape index (κ1) is 11.7. The Labute approximate surface area is 99.4 Å². The zero-order valence-electron chi connectivity index (χ0n) is 11.1. The van der Waals surface area contributed by atoms with Gasteiger partial charge in [-0.05, 0) is 45.1 Å². The molecule has 90 valence electrons. The molecule has 16 heavy (non-hydrogen) atoms. The maximum absolute atomic E-state index is 4.56. The van der Waals surface area contributed by atoms with Crippen LogP contribution in [0.3, 0.4) is 0 Å². The normalized spacial score (nSPS) is 30.2. The van der Waals surface area contributed by atoms with Crippen LogP contribution in [-0.2, 0) is 0 Å². The predicted molar refractivity (Wildman–Crippen MR) is 69.9 cm³/mol. The minimum Gasteiger partial charge on any atom is -0.378 e. The summed E-state index contributed by atoms with van der Waals surface area (Å²) in [6.45, 7) is 9.11. The van der Waals surface area contributed by atoms with Gasteiger partial charge < -0.3 is 4.90 Å². The minimum absolute atomic E-state index is 0.383. The maximum Gasteiger partial charge on any atom is 0.0397 e. The average molecular weight is 220 g/mol. The van der Waals surface area contributed by atoms with Gasteiger partial charge in [-0.3, -0.25) is 4.99 Å². The van der Waals surface area contributed by atoms with E-state index in [4.69, 9.17) is 0 Å². The van der Waals surface area contributed by atoms with Crippen LogP contribution in [0.15, 0.2) is 16.3 Å². The van der Waals surface area contributed by atoms with Crippen LogP contribution in [0.1, 0.15) is 46.5 Å². The molecule has 2 heterocycles. The fourth-order valence-electron chi connectivity index (χ4n) is 2.80. The summed E-state index contributed by atoms with van der Waals surface area (Å²) in [4.78, 5) is 6.94. The molecule has 0 aromatic rings. The van der Waals surface area contributed by atoms with Crippen LogP contribution in [0.25, 0.3) is 0 Å². The maximum atomic E-state index is 4.56. The lowest BCUT2D eigenvalue weighted by atomic mass is 9.79. The second-order valence-corrected chi connectivity index (χ2v) is 5.64. The van der Waals surface area contributed by atoms with Gasteiger partial charge in [-0.15, -0.1) is 0 Å². The Hall–Kier alpha value is -0.790. The van der Waals surface area contributed by atoms with E-state index in [-0.39, 0.29) is 0 Å². The van der Waals surface area contributed by atoms with Crippen molar-refractivity contribution in [3.63, 3.8) is 0 Å². The van der Waals surface area contributed by atoms with Crippen molar-refractivity contribution in [2.75, 3.05) is 20.1 Å². The van der Waals surface area contributed by atoms with Crippen LogP contribution in [0.2, 0.25) is 0 Å². The first-order valence-corrected chi connectivity index (χ1v) is 6.44. The molecule has 0 aromatic carbocycles. The average Bonchev–Trinajstić information content (AvgIpc) is 2.73. The van der Waals surface area contributed by atoms with Crippen molar-refractivity contribution in [1.82, 2.24) is 4.90 Å². The van der Waals surface area contributed by atoms with Crippen molar-refractivity contribution in [3.8, 4) is 0 Å². The molecule has 2 aliphatic rings. The lowest BCUT2D eigenvalue weighted by molar-refractivity contribution is 0.422. The molecule has 0 N–H and O–H groups in total. The highest BCUT2D eigenvalue weighted by atomic mass is 15.1. The van der Waals surface area contributed by atoms with Gasteiger partial charge in [-0.2, -0.15) is 0 Å². The van der Waals surface area contributed by atoms with E-state index < -0.39 is 0 Å². The number of aliphatic imine (C=N–C) groups is 1. The summed E-state index contributed by atoms with van der Waals surface area (Å²) in [5.74, 6) is 0. The Morgan fingerprint density at radius 3 is 2.62 bits per heavy atom. The number of allylic oxidation sites excluding steroid dienone is 1. The molecule has 0 bridgehead atoms. The molecule has 0 aliphatic carbocycles. The first-order chi connectivity index (χ1) is 7.53. The molecule has 2 rings (SSSR count). The zero-order chi connectivity index (χ0) is 11.8. The van der Waals surface area contributed by atoms with Gasteiger partial charge in [0.1, 0.15) is 0 Å². The Bertz CT molecular complexity index is 341. The zero-order valence-corrected chi connectivity index (χ0v) is 11.1. The monoisotopic (exact) mass is 220 g/mol. The van der Waals surface area contributed by atoms with E-state index in [1.54, 1.807) is 5.57 Å². The molecule has 0 saturated heterocycles. The van der Waals surface area contributed by atoms with Crippen molar-refractivity contribution in [3.05, 3.63) is 11.3 Å². The molecule has 0 aromatic heterocycles. The number of nitrogens with zero attached hydrogens (tertiary/aromatic N) is 2. The van der Waals surface area contributed by atoms with Crippen LogP contribution in [0.5, 0.6) is 0 Å². The van der Waals surface area contributed by atoms with E-state index in [2.05, 4.69) is 37.7 Å². The highest BCUT2D eigenvalue weighted by Crippen LogP contribution is 2.37. The van der Waals surface area contributed by atoms with Crippen molar-refractivity contribution < 1.29 is 0 Å². The molecule has 1 atom stereocenters. The molecule has 2 nitrogen and oxygen atoms in total. The third-order valence-corrected chi connectivity index (χ3v) is 4.70. The SMILES string of the molecule is CC1=NCCC1(C)CCC1=C(C)N(C)CC1. The van der Waals surface area contributed by atoms with Gasteiger partial charge in [0.25, 0.3) is 0 Å². The van der Waals surface area contributed by atoms with Gasteiger partial charge in [0, 0.05) is 37.0 Å². The summed E-state index contributed by atoms with van der Waals surface area (Å²) in [5.41, 5.74) is 4.94. The van der Waals surface area contributed by atoms with E-state index in [9.17, 15) is 0 Å². The summed E-state index contributed by atoms with van der Waals surface area (Å²) in [7, 11) is 2.20. The molecular weight excluding hydrogens is 196 g/mol. The Morgan fingerprint density at radius 1 is 1.38 bits per heavy atom. The Balaban J connectivity index is 1.96. The van der Waals surface area contributed by atoms with Gasteiger partial charge >= 0.3 is 0 Å². The Morgan fingerprint density at radius 2 is 2.12 bits per heavy atom. The fraction of sp³-hybridized carbons (Fsp3) is 0.786. The fourth-order valence-corrected chi connectivity index (χ4v) is 2.80. The van der Waals surface area contributed by atoms with E-state index in [0.717, 1.165) is 6.54 Å². The number of rotatable bonds is 3. The largest absolute Gasteiger partial charge is 0.378 e. The molecule has 0 saturated carbocycles. The standard InChI is InChI=1S/C14H24N2/c1-11-13(6-10-16(11)4)5-7-14(3)8-9-15-12(14)2/h5-10H2,1-4H3. The lowest BCUT2D eigenvalue weighted by Gasteiger charge is -2.24. The predicted octanol–water partition coefficient (Wildman–Crippen LogP) is 3.25. The second kappa shape index (κ2) is 4.23. The van der Waals surface area contributed by atoms with Crippen molar-refractivity contribution in [2.24, 2.45) is 10.4 Å². The number of hydrogen-bond acceptors (Lipinski definition) is 2. The highest BCUT2D eigenvalue weighted by molar-refractivity contribution is 5.89. The Kier molecular flexibility index (Phi) is 3.09. The molecule has 0 amide bonds. The van der Waals surface area contributed by atoms with Gasteiger partial charge in [0.15, 0.2) is 0 Å². The van der Waals surface area contributed by atoms with Crippen LogP contribution in [0, 0.1) is 5.41 Å². The van der Waals surface area contributed by atoms with Crippen LogP contribution < -0.4 is 0 Å². The quantitative estimate of drug-likeness (QED) is 0.713. The minimum atomic E-state index is 0.383. The first-order valence-electron chi connectivity index (χ1n) is 6.44. The summed E-state index contributed by atoms with van der Waals surface area (Å²) in [6, 6.07) is 0. The molecular formula is C14H24N2. The number of hydrogen-bond donors (Lipinski definition) is 0. The van der Waals surface area contributed by atoms with Gasteiger partial charge in [0.2, 0.25) is 0 Å². The second-order valence-electron chi connectivity index (χ2n) is 5.64. The van der Waals surface area contributed by atoms with Crippen molar-refractivity contribution in [1.29, 1.82) is 0 Å². The van der Waals surface area contributed by atoms with Crippen LogP contribution >= 0.6 is 0 Å². The van der Waals surface area contributed by atoms with Crippen molar-refractivity contribution in [2.45, 2.75) is 46.5 Å². The summed E-state index contributed by atoms with van der Waals surface area (Å²) in [5, 5.41) is 0. The van der Waals surface area contributed by atoms with Gasteiger partial charge in [-0.1, -0.05) is 6.92 Å². The third-order valence-electron chi connectivity index (χ3n) is 4.70. The summed E-state index contributed by atoms with van der Waals surface area (Å²) >= 11 is 0. The molecule has 0 spiro atoms. The summed E-state index contributed by atoms with van der Waals surface area (Å²) < 4.78 is 0. The highest BCUT2D eigenvalue weighted by Gasteiger charge is 2.31. The van der Waals surface area contributed by atoms with E-state index in [1.165, 1.54) is 43.6 Å². The van der Waals surface area contributed by atoms with Crippen LogP contribution in [0.4, 0.5) is 0 Å². The van der Waals surface area contributed by atoms with E-state index in [0.29, 0.717) is 5.41 Å². The molecule has 2 aliphatic heterocycles. The van der Waals surface area contributed by atoms with Crippen molar-refractivity contribution >= 4 is 5.71 Å².